The quantitative estimate of drug-likeness (QED) is 0.539. The molecule has 1 aromatic heterocycles. The number of benzene rings is 2. The summed E-state index contributed by atoms with van der Waals surface area (Å²) < 4.78 is 13.6. The lowest BCUT2D eigenvalue weighted by Gasteiger charge is -2.11. The molecule has 1 amide bonds. The normalized spacial score (nSPS) is 15.2. The van der Waals surface area contributed by atoms with Crippen molar-refractivity contribution < 1.29 is 13.9 Å². The molecule has 0 radical (unpaired) electrons. The van der Waals surface area contributed by atoms with E-state index in [1.165, 1.54) is 24.3 Å². The van der Waals surface area contributed by atoms with Crippen molar-refractivity contribution in [1.29, 1.82) is 0 Å². The largest absolute Gasteiger partial charge is 0.306 e. The van der Waals surface area contributed by atoms with Crippen molar-refractivity contribution in [1.82, 2.24) is 9.78 Å². The first-order valence-corrected chi connectivity index (χ1v) is 10.00. The standard InChI is InChI=1S/C19H16N4O4S/c1-12-2-6-14(7-3-12)22-18(16-10-28(27)11-17(16)21-22)20-19(24)13-4-8-15(9-5-13)23(25)26/h2-9H,10-11H2,1H3,(H,20,24). The molecular weight excluding hydrogens is 380 g/mol. The highest BCUT2D eigenvalue weighted by molar-refractivity contribution is 7.83. The number of carbonyl (C=O) groups excluding carboxylic acids is 1. The Bertz CT molecular complexity index is 1100. The average molecular weight is 396 g/mol. The SMILES string of the molecule is Cc1ccc(-n2nc3c(c2NC(=O)c2ccc([N+](=O)[O-])cc2)CS(=O)C3)cc1. The summed E-state index contributed by atoms with van der Waals surface area (Å²) in [5.41, 5.74) is 3.55. The minimum absolute atomic E-state index is 0.0856. The van der Waals surface area contributed by atoms with Gasteiger partial charge < -0.3 is 5.32 Å². The van der Waals surface area contributed by atoms with Gasteiger partial charge in [-0.3, -0.25) is 19.1 Å². The fraction of sp³-hybridized carbons (Fsp3) is 0.158. The van der Waals surface area contributed by atoms with E-state index in [0.29, 0.717) is 23.0 Å². The van der Waals surface area contributed by atoms with Crippen LogP contribution in [0.3, 0.4) is 0 Å². The summed E-state index contributed by atoms with van der Waals surface area (Å²) >= 11 is 0. The van der Waals surface area contributed by atoms with Crippen molar-refractivity contribution in [2.75, 3.05) is 5.32 Å². The summed E-state index contributed by atoms with van der Waals surface area (Å²) in [7, 11) is -1.04. The van der Waals surface area contributed by atoms with Crippen LogP contribution in [-0.4, -0.2) is 24.8 Å². The molecule has 1 atom stereocenters. The van der Waals surface area contributed by atoms with E-state index in [2.05, 4.69) is 10.4 Å². The number of nitro groups is 1. The molecule has 1 unspecified atom stereocenters. The van der Waals surface area contributed by atoms with Gasteiger partial charge in [0.1, 0.15) is 5.82 Å². The Morgan fingerprint density at radius 3 is 2.46 bits per heavy atom. The van der Waals surface area contributed by atoms with E-state index in [9.17, 15) is 19.1 Å². The minimum atomic E-state index is -1.04. The van der Waals surface area contributed by atoms with Crippen LogP contribution in [-0.2, 0) is 22.3 Å². The highest BCUT2D eigenvalue weighted by atomic mass is 32.2. The van der Waals surface area contributed by atoms with Gasteiger partial charge in [-0.15, -0.1) is 0 Å². The van der Waals surface area contributed by atoms with E-state index in [4.69, 9.17) is 0 Å². The molecule has 3 aromatic rings. The predicted molar refractivity (Wildman–Crippen MR) is 105 cm³/mol. The van der Waals surface area contributed by atoms with Gasteiger partial charge in [0.05, 0.1) is 27.8 Å². The number of nitrogens with zero attached hydrogens (tertiary/aromatic N) is 3. The van der Waals surface area contributed by atoms with Crippen LogP contribution in [0.15, 0.2) is 48.5 Å². The van der Waals surface area contributed by atoms with E-state index >= 15 is 0 Å². The van der Waals surface area contributed by atoms with Crippen LogP contribution in [0.1, 0.15) is 27.2 Å². The minimum Gasteiger partial charge on any atom is -0.306 e. The number of aromatic nitrogens is 2. The molecule has 0 saturated heterocycles. The Morgan fingerprint density at radius 2 is 1.82 bits per heavy atom. The Balaban J connectivity index is 1.70. The molecule has 142 valence electrons. The zero-order valence-electron chi connectivity index (χ0n) is 14.9. The first-order chi connectivity index (χ1) is 13.4. The van der Waals surface area contributed by atoms with Crippen molar-refractivity contribution in [3.05, 3.63) is 81.0 Å². The zero-order chi connectivity index (χ0) is 19.8. The molecule has 4 rings (SSSR count). The predicted octanol–water partition coefficient (Wildman–Crippen LogP) is 3.10. The molecule has 0 spiro atoms. The zero-order valence-corrected chi connectivity index (χ0v) is 15.7. The number of anilines is 1. The fourth-order valence-electron chi connectivity index (χ4n) is 3.04. The van der Waals surface area contributed by atoms with Gasteiger partial charge in [-0.05, 0) is 31.2 Å². The van der Waals surface area contributed by atoms with Crippen LogP contribution < -0.4 is 5.32 Å². The summed E-state index contributed by atoms with van der Waals surface area (Å²) in [6, 6.07) is 13.1. The second kappa shape index (κ2) is 7.01. The molecule has 1 aliphatic rings. The number of carbonyl (C=O) groups is 1. The second-order valence-electron chi connectivity index (χ2n) is 6.51. The average Bonchev–Trinajstić information content (AvgIpc) is 3.19. The molecular formula is C19H16N4O4S. The van der Waals surface area contributed by atoms with Gasteiger partial charge in [0, 0.05) is 34.1 Å². The molecule has 8 nitrogen and oxygen atoms in total. The van der Waals surface area contributed by atoms with Crippen molar-refractivity contribution in [2.45, 2.75) is 18.4 Å². The van der Waals surface area contributed by atoms with E-state index in [0.717, 1.165) is 16.8 Å². The third-order valence-corrected chi connectivity index (χ3v) is 5.73. The summed E-state index contributed by atoms with van der Waals surface area (Å²) in [5.74, 6) is 0.753. The van der Waals surface area contributed by atoms with E-state index < -0.39 is 21.6 Å². The summed E-state index contributed by atoms with van der Waals surface area (Å²) in [5, 5.41) is 18.2. The van der Waals surface area contributed by atoms with Crippen molar-refractivity contribution in [3.8, 4) is 5.69 Å². The van der Waals surface area contributed by atoms with Crippen LogP contribution in [0.5, 0.6) is 0 Å². The third kappa shape index (κ3) is 3.31. The van der Waals surface area contributed by atoms with Crippen LogP contribution in [0.25, 0.3) is 5.69 Å². The molecule has 1 aliphatic heterocycles. The van der Waals surface area contributed by atoms with Crippen molar-refractivity contribution in [3.63, 3.8) is 0 Å². The monoisotopic (exact) mass is 396 g/mol. The van der Waals surface area contributed by atoms with Gasteiger partial charge >= 0.3 is 0 Å². The van der Waals surface area contributed by atoms with Gasteiger partial charge in [-0.1, -0.05) is 17.7 Å². The summed E-state index contributed by atoms with van der Waals surface area (Å²) in [4.78, 5) is 23.0. The Hall–Kier alpha value is -3.33. The first kappa shape index (κ1) is 18.1. The maximum absolute atomic E-state index is 12.7. The Labute approximate surface area is 162 Å². The van der Waals surface area contributed by atoms with E-state index in [1.807, 2.05) is 31.2 Å². The Kier molecular flexibility index (Phi) is 4.52. The van der Waals surface area contributed by atoms with Crippen molar-refractivity contribution >= 4 is 28.2 Å². The number of hydrogen-bond donors (Lipinski definition) is 1. The number of non-ortho nitro benzene ring substituents is 1. The molecule has 2 aromatic carbocycles. The number of amides is 1. The van der Waals surface area contributed by atoms with Crippen molar-refractivity contribution in [2.24, 2.45) is 0 Å². The molecule has 9 heteroatoms. The summed E-state index contributed by atoms with van der Waals surface area (Å²) in [6.07, 6.45) is 0. The number of fused-ring (bicyclic) bond motifs is 1. The van der Waals surface area contributed by atoms with Crippen LogP contribution in [0, 0.1) is 17.0 Å². The maximum Gasteiger partial charge on any atom is 0.269 e. The highest BCUT2D eigenvalue weighted by Crippen LogP contribution is 2.31. The molecule has 28 heavy (non-hydrogen) atoms. The van der Waals surface area contributed by atoms with Gasteiger partial charge in [-0.25, -0.2) is 4.68 Å². The summed E-state index contributed by atoms with van der Waals surface area (Å²) in [6.45, 7) is 1.98. The lowest BCUT2D eigenvalue weighted by molar-refractivity contribution is -0.384. The lowest BCUT2D eigenvalue weighted by Crippen LogP contribution is -2.16. The van der Waals surface area contributed by atoms with Gasteiger partial charge in [0.15, 0.2) is 0 Å². The number of nitro benzene ring substituents is 1. The highest BCUT2D eigenvalue weighted by Gasteiger charge is 2.28. The topological polar surface area (TPSA) is 107 Å². The second-order valence-corrected chi connectivity index (χ2v) is 7.96. The van der Waals surface area contributed by atoms with E-state index in [-0.39, 0.29) is 11.3 Å². The molecule has 1 N–H and O–H groups in total. The van der Waals surface area contributed by atoms with Gasteiger partial charge in [0.2, 0.25) is 0 Å². The van der Waals surface area contributed by atoms with Crippen LogP contribution in [0.4, 0.5) is 11.5 Å². The first-order valence-electron chi connectivity index (χ1n) is 8.51. The van der Waals surface area contributed by atoms with E-state index in [1.54, 1.807) is 4.68 Å². The number of rotatable bonds is 4. The Morgan fingerprint density at radius 1 is 1.14 bits per heavy atom. The number of hydrogen-bond acceptors (Lipinski definition) is 5. The molecule has 0 fully saturated rings. The molecule has 2 heterocycles. The fourth-order valence-corrected chi connectivity index (χ4v) is 4.31. The molecule has 0 saturated carbocycles. The van der Waals surface area contributed by atoms with Gasteiger partial charge in [0.25, 0.3) is 11.6 Å². The lowest BCUT2D eigenvalue weighted by atomic mass is 10.2. The number of aryl methyl sites for hydroxylation is 1. The smallest absolute Gasteiger partial charge is 0.269 e. The van der Waals surface area contributed by atoms with Crippen LogP contribution >= 0.6 is 0 Å². The molecule has 0 bridgehead atoms. The van der Waals surface area contributed by atoms with Gasteiger partial charge in [-0.2, -0.15) is 5.10 Å². The molecule has 0 aliphatic carbocycles. The maximum atomic E-state index is 12.7. The number of nitrogens with one attached hydrogen (secondary N) is 1. The van der Waals surface area contributed by atoms with Crippen LogP contribution in [0.2, 0.25) is 0 Å². The third-order valence-electron chi connectivity index (χ3n) is 4.52.